The Bertz CT molecular complexity index is 648. The van der Waals surface area contributed by atoms with Crippen LogP contribution in [0.5, 0.6) is 5.75 Å². The van der Waals surface area contributed by atoms with Crippen molar-refractivity contribution < 1.29 is 23.4 Å². The Morgan fingerprint density at radius 2 is 2.16 bits per heavy atom. The molecule has 5 nitrogen and oxygen atoms in total. The van der Waals surface area contributed by atoms with E-state index in [1.54, 1.807) is 6.07 Å². The van der Waals surface area contributed by atoms with Crippen molar-refractivity contribution in [3.8, 4) is 5.75 Å². The molecular weight excluding hydrogens is 325 g/mol. The van der Waals surface area contributed by atoms with E-state index in [1.807, 2.05) is 4.90 Å². The van der Waals surface area contributed by atoms with E-state index < -0.39 is 5.82 Å². The third-order valence-electron chi connectivity index (χ3n) is 5.44. The van der Waals surface area contributed by atoms with Gasteiger partial charge >= 0.3 is 0 Å². The van der Waals surface area contributed by atoms with Crippen LogP contribution in [0.2, 0.25) is 0 Å². The van der Waals surface area contributed by atoms with E-state index in [4.69, 9.17) is 14.2 Å². The molecule has 3 aliphatic rings. The van der Waals surface area contributed by atoms with Crippen LogP contribution in [0, 0.1) is 11.7 Å². The fourth-order valence-electron chi connectivity index (χ4n) is 3.86. The Morgan fingerprint density at radius 1 is 1.32 bits per heavy atom. The number of halogens is 1. The van der Waals surface area contributed by atoms with Gasteiger partial charge < -0.3 is 19.1 Å². The molecule has 0 aromatic heterocycles. The molecule has 1 amide bonds. The van der Waals surface area contributed by atoms with E-state index in [0.29, 0.717) is 24.6 Å². The summed E-state index contributed by atoms with van der Waals surface area (Å²) in [5.41, 5.74) is 0.348. The average Bonchev–Trinajstić information content (AvgIpc) is 3.37. The van der Waals surface area contributed by atoms with Crippen molar-refractivity contribution in [2.45, 2.75) is 43.9 Å². The molecular formula is C19H24FNO4. The summed E-state index contributed by atoms with van der Waals surface area (Å²) in [5.74, 6) is 0.186. The normalized spacial score (nSPS) is 28.7. The second-order valence-electron chi connectivity index (χ2n) is 7.14. The second kappa shape index (κ2) is 6.92. The molecule has 0 unspecified atom stereocenters. The first kappa shape index (κ1) is 16.8. The molecule has 136 valence electrons. The quantitative estimate of drug-likeness (QED) is 0.820. The highest BCUT2D eigenvalue weighted by Crippen LogP contribution is 2.35. The Kier molecular flexibility index (Phi) is 4.65. The molecule has 1 saturated heterocycles. The van der Waals surface area contributed by atoms with Gasteiger partial charge in [0.15, 0.2) is 11.6 Å². The van der Waals surface area contributed by atoms with Crippen LogP contribution in [-0.2, 0) is 9.47 Å². The first-order valence-electron chi connectivity index (χ1n) is 9.05. The summed E-state index contributed by atoms with van der Waals surface area (Å²) in [6, 6.07) is 4.37. The Morgan fingerprint density at radius 3 is 2.88 bits per heavy atom. The maximum absolute atomic E-state index is 13.9. The predicted molar refractivity (Wildman–Crippen MR) is 89.2 cm³/mol. The summed E-state index contributed by atoms with van der Waals surface area (Å²) in [6.45, 7) is 1.83. The van der Waals surface area contributed by atoms with Gasteiger partial charge in [-0.15, -0.1) is 0 Å². The van der Waals surface area contributed by atoms with Gasteiger partial charge in [0.2, 0.25) is 0 Å². The van der Waals surface area contributed by atoms with Crippen molar-refractivity contribution in [1.29, 1.82) is 0 Å². The summed E-state index contributed by atoms with van der Waals surface area (Å²) in [4.78, 5) is 14.7. The van der Waals surface area contributed by atoms with Crippen molar-refractivity contribution in [3.63, 3.8) is 0 Å². The molecule has 6 heteroatoms. The minimum absolute atomic E-state index is 0.00983. The lowest BCUT2D eigenvalue weighted by Crippen LogP contribution is -2.54. The molecule has 0 radical (unpaired) electrons. The zero-order valence-corrected chi connectivity index (χ0v) is 14.4. The molecule has 2 aliphatic carbocycles. The molecule has 1 aromatic carbocycles. The largest absolute Gasteiger partial charge is 0.494 e. The van der Waals surface area contributed by atoms with Crippen LogP contribution in [0.4, 0.5) is 4.39 Å². The number of amides is 1. The van der Waals surface area contributed by atoms with E-state index in [-0.39, 0.29) is 29.9 Å². The lowest BCUT2D eigenvalue weighted by molar-refractivity contribution is -0.106. The van der Waals surface area contributed by atoms with Crippen LogP contribution in [0.3, 0.4) is 0 Å². The van der Waals surface area contributed by atoms with Crippen molar-refractivity contribution >= 4 is 5.91 Å². The lowest BCUT2D eigenvalue weighted by Gasteiger charge is -2.39. The molecule has 2 saturated carbocycles. The van der Waals surface area contributed by atoms with Gasteiger partial charge in [-0.3, -0.25) is 4.79 Å². The smallest absolute Gasteiger partial charge is 0.254 e. The zero-order chi connectivity index (χ0) is 17.4. The standard InChI is InChI=1S/C19H24FNO4/c1-23-16-6-4-13(10-14(16)20)19(22)21-8-9-24-18-15(21)5-7-17(18)25-11-12-2-3-12/h4,6,10,12,15,17-18H,2-3,5,7-9,11H2,1H3/t15-,17-,18+/m0/s1. The Balaban J connectivity index is 1.46. The number of morpholine rings is 1. The maximum atomic E-state index is 13.9. The second-order valence-corrected chi connectivity index (χ2v) is 7.14. The number of nitrogens with zero attached hydrogens (tertiary/aromatic N) is 1. The van der Waals surface area contributed by atoms with Gasteiger partial charge in [0.1, 0.15) is 6.10 Å². The molecule has 1 aromatic rings. The maximum Gasteiger partial charge on any atom is 0.254 e. The summed E-state index contributed by atoms with van der Waals surface area (Å²) >= 11 is 0. The molecule has 1 heterocycles. The fourth-order valence-corrected chi connectivity index (χ4v) is 3.86. The predicted octanol–water partition coefficient (Wildman–Crippen LogP) is 2.63. The van der Waals surface area contributed by atoms with Crippen LogP contribution in [0.15, 0.2) is 18.2 Å². The first-order valence-corrected chi connectivity index (χ1v) is 9.05. The van der Waals surface area contributed by atoms with E-state index in [9.17, 15) is 9.18 Å². The molecule has 0 bridgehead atoms. The third-order valence-corrected chi connectivity index (χ3v) is 5.44. The number of benzene rings is 1. The van der Waals surface area contributed by atoms with Crippen LogP contribution in [0.25, 0.3) is 0 Å². The first-order chi connectivity index (χ1) is 12.2. The van der Waals surface area contributed by atoms with Gasteiger partial charge in [-0.2, -0.15) is 0 Å². The number of carbonyl (C=O) groups excluding carboxylic acids is 1. The van der Waals surface area contributed by atoms with Gasteiger partial charge in [0, 0.05) is 18.7 Å². The summed E-state index contributed by atoms with van der Waals surface area (Å²) < 4.78 is 30.8. The van der Waals surface area contributed by atoms with E-state index in [1.165, 1.54) is 32.1 Å². The molecule has 25 heavy (non-hydrogen) atoms. The van der Waals surface area contributed by atoms with E-state index in [2.05, 4.69) is 0 Å². The zero-order valence-electron chi connectivity index (χ0n) is 14.4. The van der Waals surface area contributed by atoms with Crippen LogP contribution in [-0.4, -0.2) is 55.9 Å². The van der Waals surface area contributed by atoms with Crippen molar-refractivity contribution in [2.24, 2.45) is 5.92 Å². The highest BCUT2D eigenvalue weighted by molar-refractivity contribution is 5.94. The molecule has 4 rings (SSSR count). The number of fused-ring (bicyclic) bond motifs is 1. The number of hydrogen-bond acceptors (Lipinski definition) is 4. The molecule has 0 N–H and O–H groups in total. The number of hydrogen-bond donors (Lipinski definition) is 0. The SMILES string of the molecule is COc1ccc(C(=O)N2CCO[C@H]3[C@@H](OCC4CC4)CC[C@@H]32)cc1F. The van der Waals surface area contributed by atoms with E-state index >= 15 is 0 Å². The number of rotatable bonds is 5. The third kappa shape index (κ3) is 3.37. The highest BCUT2D eigenvalue weighted by Gasteiger charge is 2.45. The van der Waals surface area contributed by atoms with Crippen LogP contribution >= 0.6 is 0 Å². The highest BCUT2D eigenvalue weighted by atomic mass is 19.1. The average molecular weight is 349 g/mol. The van der Waals surface area contributed by atoms with Crippen LogP contribution < -0.4 is 4.74 Å². The van der Waals surface area contributed by atoms with Gasteiger partial charge in [0.05, 0.1) is 25.9 Å². The molecule has 0 spiro atoms. The monoisotopic (exact) mass is 349 g/mol. The Hall–Kier alpha value is -1.66. The van der Waals surface area contributed by atoms with Crippen molar-refractivity contribution in [2.75, 3.05) is 26.9 Å². The number of ether oxygens (including phenoxy) is 3. The number of methoxy groups -OCH3 is 1. The van der Waals surface area contributed by atoms with Crippen molar-refractivity contribution in [1.82, 2.24) is 4.90 Å². The number of carbonyl (C=O) groups is 1. The van der Waals surface area contributed by atoms with Gasteiger partial charge in [0.25, 0.3) is 5.91 Å². The van der Waals surface area contributed by atoms with Crippen molar-refractivity contribution in [3.05, 3.63) is 29.6 Å². The van der Waals surface area contributed by atoms with Crippen LogP contribution in [0.1, 0.15) is 36.0 Å². The molecule has 3 fully saturated rings. The lowest BCUT2D eigenvalue weighted by atomic mass is 10.1. The summed E-state index contributed by atoms with van der Waals surface area (Å²) in [7, 11) is 1.41. The van der Waals surface area contributed by atoms with Gasteiger partial charge in [-0.1, -0.05) is 0 Å². The fraction of sp³-hybridized carbons (Fsp3) is 0.632. The van der Waals surface area contributed by atoms with E-state index in [0.717, 1.165) is 19.4 Å². The minimum atomic E-state index is -0.518. The topological polar surface area (TPSA) is 48.0 Å². The molecule has 1 aliphatic heterocycles. The Labute approximate surface area is 147 Å². The summed E-state index contributed by atoms with van der Waals surface area (Å²) in [5, 5.41) is 0. The minimum Gasteiger partial charge on any atom is -0.494 e. The molecule has 3 atom stereocenters. The van der Waals surface area contributed by atoms with Gasteiger partial charge in [-0.25, -0.2) is 4.39 Å². The van der Waals surface area contributed by atoms with Gasteiger partial charge in [-0.05, 0) is 49.8 Å². The summed E-state index contributed by atoms with van der Waals surface area (Å²) in [6.07, 6.45) is 4.28.